The lowest BCUT2D eigenvalue weighted by molar-refractivity contribution is -0.115. The van der Waals surface area contributed by atoms with Crippen LogP contribution in [0.1, 0.15) is 37.6 Å². The Morgan fingerprint density at radius 1 is 1.27 bits per heavy atom. The fourth-order valence-electron chi connectivity index (χ4n) is 1.63. The van der Waals surface area contributed by atoms with Crippen molar-refractivity contribution in [2.75, 3.05) is 25.0 Å². The van der Waals surface area contributed by atoms with Gasteiger partial charge in [0.15, 0.2) is 0 Å². The maximum Gasteiger partial charge on any atom is 0.338 e. The molecule has 0 unspecified atom stereocenters. The second-order valence-corrected chi connectivity index (χ2v) is 5.30. The van der Waals surface area contributed by atoms with Gasteiger partial charge < -0.3 is 15.4 Å². The first kappa shape index (κ1) is 20.4. The quantitative estimate of drug-likeness (QED) is 0.569. The van der Waals surface area contributed by atoms with Crippen LogP contribution >= 0.6 is 12.4 Å². The molecule has 2 N–H and O–H groups in total. The molecule has 0 atom stereocenters. The highest BCUT2D eigenvalue weighted by atomic mass is 35.5. The van der Waals surface area contributed by atoms with E-state index in [4.69, 9.17) is 4.74 Å². The van der Waals surface area contributed by atoms with Crippen LogP contribution in [0.4, 0.5) is 5.69 Å². The average molecular weight is 329 g/mol. The zero-order chi connectivity index (χ0) is 15.7. The standard InChI is InChI=1S/C16H24N2O3.ClH/c1-4-8-17-10-15(19)18-14-7-5-6-13(9-14)16(20)21-11-12(2)3;/h5-7,9,12,17H,4,8,10-11H2,1-3H3,(H,18,19);1H. The minimum atomic E-state index is -0.371. The molecule has 0 aliphatic heterocycles. The van der Waals surface area contributed by atoms with Gasteiger partial charge in [-0.2, -0.15) is 0 Å². The monoisotopic (exact) mass is 328 g/mol. The Labute approximate surface area is 138 Å². The predicted molar refractivity (Wildman–Crippen MR) is 90.6 cm³/mol. The largest absolute Gasteiger partial charge is 0.462 e. The summed E-state index contributed by atoms with van der Waals surface area (Å²) in [6, 6.07) is 6.77. The normalized spacial score (nSPS) is 10.0. The lowest BCUT2D eigenvalue weighted by atomic mass is 10.2. The predicted octanol–water partition coefficient (Wildman–Crippen LogP) is 2.86. The third kappa shape index (κ3) is 8.00. The van der Waals surface area contributed by atoms with E-state index in [0.717, 1.165) is 13.0 Å². The van der Waals surface area contributed by atoms with Gasteiger partial charge in [0.2, 0.25) is 5.91 Å². The molecule has 22 heavy (non-hydrogen) atoms. The van der Waals surface area contributed by atoms with Crippen molar-refractivity contribution in [3.8, 4) is 0 Å². The molecule has 0 spiro atoms. The van der Waals surface area contributed by atoms with Crippen LogP contribution < -0.4 is 10.6 Å². The summed E-state index contributed by atoms with van der Waals surface area (Å²) >= 11 is 0. The van der Waals surface area contributed by atoms with E-state index in [-0.39, 0.29) is 30.8 Å². The van der Waals surface area contributed by atoms with E-state index in [0.29, 0.717) is 23.8 Å². The fraction of sp³-hybridized carbons (Fsp3) is 0.500. The third-order valence-corrected chi connectivity index (χ3v) is 2.64. The van der Waals surface area contributed by atoms with Crippen molar-refractivity contribution in [2.24, 2.45) is 5.92 Å². The molecule has 1 aromatic rings. The molecule has 0 aromatic heterocycles. The van der Waals surface area contributed by atoms with Crippen molar-refractivity contribution in [3.63, 3.8) is 0 Å². The van der Waals surface area contributed by atoms with E-state index in [2.05, 4.69) is 10.6 Å². The molecule has 0 aliphatic rings. The van der Waals surface area contributed by atoms with Gasteiger partial charge in [-0.05, 0) is 37.1 Å². The SMILES string of the molecule is CCCNCC(=O)Nc1cccc(C(=O)OCC(C)C)c1.Cl. The third-order valence-electron chi connectivity index (χ3n) is 2.64. The number of esters is 1. The van der Waals surface area contributed by atoms with Crippen LogP contribution in [0.15, 0.2) is 24.3 Å². The van der Waals surface area contributed by atoms with E-state index in [1.54, 1.807) is 24.3 Å². The highest BCUT2D eigenvalue weighted by Gasteiger charge is 2.09. The molecule has 6 heteroatoms. The summed E-state index contributed by atoms with van der Waals surface area (Å²) in [6.07, 6.45) is 0.977. The second-order valence-electron chi connectivity index (χ2n) is 5.30. The molecule has 1 amide bonds. The average Bonchev–Trinajstić information content (AvgIpc) is 2.45. The summed E-state index contributed by atoms with van der Waals surface area (Å²) in [4.78, 5) is 23.5. The van der Waals surface area contributed by atoms with Crippen LogP contribution in [0, 0.1) is 5.92 Å². The van der Waals surface area contributed by atoms with E-state index in [1.165, 1.54) is 0 Å². The maximum absolute atomic E-state index is 11.9. The number of hydrogen-bond acceptors (Lipinski definition) is 4. The van der Waals surface area contributed by atoms with Crippen LogP contribution in [0.25, 0.3) is 0 Å². The number of amides is 1. The first-order valence-electron chi connectivity index (χ1n) is 7.30. The number of benzene rings is 1. The molecule has 0 aliphatic carbocycles. The Balaban J connectivity index is 0.00000441. The first-order chi connectivity index (χ1) is 10.0. The minimum absolute atomic E-state index is 0. The number of anilines is 1. The van der Waals surface area contributed by atoms with Crippen molar-refractivity contribution >= 4 is 30.0 Å². The Morgan fingerprint density at radius 2 is 2.00 bits per heavy atom. The van der Waals surface area contributed by atoms with Gasteiger partial charge in [-0.3, -0.25) is 4.79 Å². The van der Waals surface area contributed by atoms with Crippen LogP contribution in [0.2, 0.25) is 0 Å². The van der Waals surface area contributed by atoms with Crippen LogP contribution in [-0.2, 0) is 9.53 Å². The number of carbonyl (C=O) groups is 2. The van der Waals surface area contributed by atoms with E-state index >= 15 is 0 Å². The number of nitrogens with one attached hydrogen (secondary N) is 2. The van der Waals surface area contributed by atoms with Gasteiger partial charge in [-0.1, -0.05) is 26.8 Å². The van der Waals surface area contributed by atoms with E-state index in [9.17, 15) is 9.59 Å². The van der Waals surface area contributed by atoms with Crippen molar-refractivity contribution in [3.05, 3.63) is 29.8 Å². The topological polar surface area (TPSA) is 67.4 Å². The highest BCUT2D eigenvalue weighted by molar-refractivity contribution is 5.95. The minimum Gasteiger partial charge on any atom is -0.462 e. The Bertz CT molecular complexity index is 478. The summed E-state index contributed by atoms with van der Waals surface area (Å²) in [5, 5.41) is 5.77. The van der Waals surface area contributed by atoms with Crippen LogP contribution in [0.5, 0.6) is 0 Å². The summed E-state index contributed by atoms with van der Waals surface area (Å²) in [7, 11) is 0. The highest BCUT2D eigenvalue weighted by Crippen LogP contribution is 2.12. The molecular formula is C16H25ClN2O3. The molecule has 0 heterocycles. The molecule has 0 bridgehead atoms. The van der Waals surface area contributed by atoms with Gasteiger partial charge >= 0.3 is 5.97 Å². The summed E-state index contributed by atoms with van der Waals surface area (Å²) in [6.45, 7) is 7.44. The molecule has 1 rings (SSSR count). The molecule has 5 nitrogen and oxygen atoms in total. The number of hydrogen-bond donors (Lipinski definition) is 2. The Kier molecular flexibility index (Phi) is 10.2. The second kappa shape index (κ2) is 11.0. The lowest BCUT2D eigenvalue weighted by Gasteiger charge is -2.09. The molecule has 1 aromatic carbocycles. The number of rotatable bonds is 8. The van der Waals surface area contributed by atoms with Crippen molar-refractivity contribution in [1.29, 1.82) is 0 Å². The van der Waals surface area contributed by atoms with Crippen LogP contribution in [0.3, 0.4) is 0 Å². The smallest absolute Gasteiger partial charge is 0.338 e. The van der Waals surface area contributed by atoms with Gasteiger partial charge in [0, 0.05) is 5.69 Å². The lowest BCUT2D eigenvalue weighted by Crippen LogP contribution is -2.28. The zero-order valence-electron chi connectivity index (χ0n) is 13.3. The van der Waals surface area contributed by atoms with Gasteiger partial charge in [0.25, 0.3) is 0 Å². The first-order valence-corrected chi connectivity index (χ1v) is 7.30. The molecular weight excluding hydrogens is 304 g/mol. The Hall–Kier alpha value is -1.59. The summed E-state index contributed by atoms with van der Waals surface area (Å²) in [5.41, 5.74) is 1.03. The molecule has 0 fully saturated rings. The maximum atomic E-state index is 11.9. The molecule has 0 radical (unpaired) electrons. The van der Waals surface area contributed by atoms with Crippen LogP contribution in [-0.4, -0.2) is 31.6 Å². The van der Waals surface area contributed by atoms with Gasteiger partial charge in [0.1, 0.15) is 0 Å². The van der Waals surface area contributed by atoms with Crippen molar-refractivity contribution in [1.82, 2.24) is 5.32 Å². The van der Waals surface area contributed by atoms with Gasteiger partial charge in [0.05, 0.1) is 18.7 Å². The van der Waals surface area contributed by atoms with E-state index < -0.39 is 0 Å². The number of ether oxygens (including phenoxy) is 1. The molecule has 0 saturated heterocycles. The summed E-state index contributed by atoms with van der Waals surface area (Å²) < 4.78 is 5.16. The summed E-state index contributed by atoms with van der Waals surface area (Å²) in [5.74, 6) is -0.207. The zero-order valence-corrected chi connectivity index (χ0v) is 14.2. The van der Waals surface area contributed by atoms with Crippen molar-refractivity contribution in [2.45, 2.75) is 27.2 Å². The fourth-order valence-corrected chi connectivity index (χ4v) is 1.63. The number of carbonyl (C=O) groups excluding carboxylic acids is 2. The van der Waals surface area contributed by atoms with Gasteiger partial charge in [-0.15, -0.1) is 12.4 Å². The van der Waals surface area contributed by atoms with E-state index in [1.807, 2.05) is 20.8 Å². The molecule has 124 valence electrons. The Morgan fingerprint density at radius 3 is 2.64 bits per heavy atom. The number of halogens is 1. The van der Waals surface area contributed by atoms with Gasteiger partial charge in [-0.25, -0.2) is 4.79 Å². The van der Waals surface area contributed by atoms with Crippen molar-refractivity contribution < 1.29 is 14.3 Å². The molecule has 0 saturated carbocycles.